The first-order valence-corrected chi connectivity index (χ1v) is 10.8. The topological polar surface area (TPSA) is 40.6 Å². The van der Waals surface area contributed by atoms with Crippen LogP contribution in [0.3, 0.4) is 0 Å². The van der Waals surface area contributed by atoms with E-state index in [1.54, 1.807) is 25.3 Å². The van der Waals surface area contributed by atoms with Crippen LogP contribution in [0.1, 0.15) is 11.1 Å². The van der Waals surface area contributed by atoms with Gasteiger partial charge < -0.3 is 14.2 Å². The summed E-state index contributed by atoms with van der Waals surface area (Å²) in [6, 6.07) is 26.1. The first-order valence-electron chi connectivity index (χ1n) is 10.0. The highest BCUT2D eigenvalue weighted by Crippen LogP contribution is 2.39. The normalized spacial score (nSPS) is 10.6. The number of rotatable bonds is 8. The highest BCUT2D eigenvalue weighted by Gasteiger charge is 2.17. The smallest absolute Gasteiger partial charge is 0.225 e. The second kappa shape index (κ2) is 10.3. The number of hydrogen-bond donors (Lipinski definition) is 0. The summed E-state index contributed by atoms with van der Waals surface area (Å²) in [5.74, 6) is 0.846. The number of ether oxygens (including phenoxy) is 3. The molecule has 1 aromatic heterocycles. The summed E-state index contributed by atoms with van der Waals surface area (Å²) in [5.41, 5.74) is 3.17. The highest BCUT2D eigenvalue weighted by molar-refractivity contribution is 9.10. The van der Waals surface area contributed by atoms with E-state index in [9.17, 15) is 4.39 Å². The van der Waals surface area contributed by atoms with Crippen LogP contribution >= 0.6 is 15.9 Å². The van der Waals surface area contributed by atoms with Gasteiger partial charge in [0.1, 0.15) is 24.8 Å². The largest absolute Gasteiger partial charge is 0.496 e. The Morgan fingerprint density at radius 3 is 2.03 bits per heavy atom. The van der Waals surface area contributed by atoms with Crippen LogP contribution in [0.25, 0.3) is 11.1 Å². The van der Waals surface area contributed by atoms with Crippen LogP contribution in [-0.2, 0) is 13.2 Å². The van der Waals surface area contributed by atoms with Crippen molar-refractivity contribution in [3.8, 4) is 28.6 Å². The van der Waals surface area contributed by atoms with E-state index in [-0.39, 0.29) is 0 Å². The van der Waals surface area contributed by atoms with Crippen molar-refractivity contribution in [2.45, 2.75) is 13.2 Å². The maximum atomic E-state index is 14.4. The number of pyridine rings is 1. The molecule has 4 rings (SSSR count). The van der Waals surface area contributed by atoms with E-state index in [0.717, 1.165) is 11.1 Å². The number of benzene rings is 3. The van der Waals surface area contributed by atoms with Crippen LogP contribution in [-0.4, -0.2) is 12.1 Å². The summed E-state index contributed by atoms with van der Waals surface area (Å²) < 4.78 is 32.1. The molecule has 32 heavy (non-hydrogen) atoms. The summed E-state index contributed by atoms with van der Waals surface area (Å²) in [6.45, 7) is 0.686. The number of aromatic nitrogens is 1. The monoisotopic (exact) mass is 493 g/mol. The molecule has 0 saturated carbocycles. The van der Waals surface area contributed by atoms with Gasteiger partial charge in [0.25, 0.3) is 0 Å². The quantitative estimate of drug-likeness (QED) is 0.270. The molecular formula is C26H21BrFNO3. The minimum absolute atomic E-state index is 0.310. The first kappa shape index (κ1) is 21.8. The Morgan fingerprint density at radius 1 is 0.781 bits per heavy atom. The molecule has 4 aromatic rings. The van der Waals surface area contributed by atoms with Crippen LogP contribution in [0, 0.1) is 5.82 Å². The molecule has 162 valence electrons. The molecule has 0 saturated heterocycles. The lowest BCUT2D eigenvalue weighted by molar-refractivity contribution is 0.268. The van der Waals surface area contributed by atoms with Crippen molar-refractivity contribution in [2.24, 2.45) is 0 Å². The fourth-order valence-electron chi connectivity index (χ4n) is 3.18. The molecule has 0 bridgehead atoms. The van der Waals surface area contributed by atoms with E-state index in [2.05, 4.69) is 20.9 Å². The van der Waals surface area contributed by atoms with Gasteiger partial charge in [0, 0.05) is 17.2 Å². The first-order chi connectivity index (χ1) is 15.6. The number of halogens is 2. The lowest BCUT2D eigenvalue weighted by Crippen LogP contribution is -2.03. The molecule has 6 heteroatoms. The number of nitrogens with zero attached hydrogens (tertiary/aromatic N) is 1. The van der Waals surface area contributed by atoms with Gasteiger partial charge >= 0.3 is 0 Å². The third-order valence-electron chi connectivity index (χ3n) is 4.82. The Kier molecular flexibility index (Phi) is 7.02. The predicted molar refractivity (Wildman–Crippen MR) is 125 cm³/mol. The van der Waals surface area contributed by atoms with E-state index < -0.39 is 5.82 Å². The molecule has 0 spiro atoms. The minimum atomic E-state index is -0.404. The molecule has 0 aliphatic heterocycles. The lowest BCUT2D eigenvalue weighted by Gasteiger charge is -2.15. The van der Waals surface area contributed by atoms with Gasteiger partial charge in [-0.2, -0.15) is 4.98 Å². The van der Waals surface area contributed by atoms with Crippen LogP contribution in [0.15, 0.2) is 89.4 Å². The molecule has 3 aromatic carbocycles. The number of methoxy groups -OCH3 is 1. The molecule has 0 unspecified atom stereocenters. The SMILES string of the molecule is COc1cc(Br)c(F)cc1-c1ccc(OCc2ccccc2)nc1OCc1ccccc1. The predicted octanol–water partition coefficient (Wildman–Crippen LogP) is 6.82. The maximum absolute atomic E-state index is 14.4. The van der Waals surface area contributed by atoms with Crippen molar-refractivity contribution >= 4 is 15.9 Å². The molecule has 0 radical (unpaired) electrons. The summed E-state index contributed by atoms with van der Waals surface area (Å²) in [7, 11) is 1.54. The third kappa shape index (κ3) is 5.26. The summed E-state index contributed by atoms with van der Waals surface area (Å²) in [4.78, 5) is 4.57. The Balaban J connectivity index is 1.67. The summed E-state index contributed by atoms with van der Waals surface area (Å²) in [6.07, 6.45) is 0. The zero-order chi connectivity index (χ0) is 22.3. The van der Waals surface area contributed by atoms with Gasteiger partial charge in [0.15, 0.2) is 0 Å². The average Bonchev–Trinajstić information content (AvgIpc) is 2.84. The van der Waals surface area contributed by atoms with Crippen molar-refractivity contribution in [3.05, 3.63) is 106 Å². The van der Waals surface area contributed by atoms with Crippen molar-refractivity contribution in [1.29, 1.82) is 0 Å². The standard InChI is InChI=1S/C26H21BrFNO3/c1-30-24-15-22(27)23(28)14-21(24)20-12-13-25(31-16-18-8-4-2-5-9-18)29-26(20)32-17-19-10-6-3-7-11-19/h2-15H,16-17H2,1H3. The molecule has 0 atom stereocenters. The van der Waals surface area contributed by atoms with Gasteiger partial charge in [-0.3, -0.25) is 0 Å². The lowest BCUT2D eigenvalue weighted by atomic mass is 10.1. The van der Waals surface area contributed by atoms with Gasteiger partial charge in [0.2, 0.25) is 11.8 Å². The molecule has 1 heterocycles. The Bertz CT molecular complexity index is 1190. The maximum Gasteiger partial charge on any atom is 0.225 e. The Morgan fingerprint density at radius 2 is 1.41 bits per heavy atom. The summed E-state index contributed by atoms with van der Waals surface area (Å²) in [5, 5.41) is 0. The van der Waals surface area contributed by atoms with Crippen LogP contribution in [0.5, 0.6) is 17.5 Å². The second-order valence-corrected chi connectivity index (χ2v) is 7.87. The number of hydrogen-bond acceptors (Lipinski definition) is 4. The highest BCUT2D eigenvalue weighted by atomic mass is 79.9. The van der Waals surface area contributed by atoms with Crippen molar-refractivity contribution in [2.75, 3.05) is 7.11 Å². The van der Waals surface area contributed by atoms with Crippen LogP contribution in [0.2, 0.25) is 0 Å². The zero-order valence-electron chi connectivity index (χ0n) is 17.4. The Hall–Kier alpha value is -3.38. The van der Waals surface area contributed by atoms with E-state index in [0.29, 0.717) is 46.3 Å². The fraction of sp³-hybridized carbons (Fsp3) is 0.115. The summed E-state index contributed by atoms with van der Waals surface area (Å²) >= 11 is 3.21. The van der Waals surface area contributed by atoms with E-state index in [4.69, 9.17) is 14.2 Å². The zero-order valence-corrected chi connectivity index (χ0v) is 19.0. The third-order valence-corrected chi connectivity index (χ3v) is 5.42. The second-order valence-electron chi connectivity index (χ2n) is 7.02. The molecule has 0 aliphatic carbocycles. The van der Waals surface area contributed by atoms with Crippen molar-refractivity contribution in [1.82, 2.24) is 4.98 Å². The van der Waals surface area contributed by atoms with Gasteiger partial charge in [-0.05, 0) is 45.3 Å². The molecule has 0 fully saturated rings. The molecular weight excluding hydrogens is 473 g/mol. The van der Waals surface area contributed by atoms with Crippen molar-refractivity contribution in [3.63, 3.8) is 0 Å². The fourth-order valence-corrected chi connectivity index (χ4v) is 3.51. The Labute approximate surface area is 194 Å². The average molecular weight is 494 g/mol. The van der Waals surface area contributed by atoms with E-state index in [1.165, 1.54) is 6.07 Å². The van der Waals surface area contributed by atoms with Gasteiger partial charge in [-0.15, -0.1) is 0 Å². The molecule has 0 N–H and O–H groups in total. The van der Waals surface area contributed by atoms with E-state index in [1.807, 2.05) is 60.7 Å². The van der Waals surface area contributed by atoms with Crippen LogP contribution in [0.4, 0.5) is 4.39 Å². The molecule has 4 nitrogen and oxygen atoms in total. The van der Waals surface area contributed by atoms with Crippen molar-refractivity contribution < 1.29 is 18.6 Å². The molecule has 0 amide bonds. The van der Waals surface area contributed by atoms with Gasteiger partial charge in [-0.1, -0.05) is 60.7 Å². The van der Waals surface area contributed by atoms with Gasteiger partial charge in [-0.25, -0.2) is 4.39 Å². The van der Waals surface area contributed by atoms with Gasteiger partial charge in [0.05, 0.1) is 11.6 Å². The van der Waals surface area contributed by atoms with Crippen LogP contribution < -0.4 is 14.2 Å². The molecule has 0 aliphatic rings. The minimum Gasteiger partial charge on any atom is -0.496 e. The van der Waals surface area contributed by atoms with E-state index >= 15 is 0 Å².